The van der Waals surface area contributed by atoms with Gasteiger partial charge in [-0.25, -0.2) is 0 Å². The zero-order valence-electron chi connectivity index (χ0n) is 12.0. The molecule has 5 heteroatoms. The molecule has 5 nitrogen and oxygen atoms in total. The number of amides is 1. The van der Waals surface area contributed by atoms with Gasteiger partial charge < -0.3 is 15.5 Å². The monoisotopic (exact) mass is 266 g/mol. The van der Waals surface area contributed by atoms with Crippen LogP contribution in [0.3, 0.4) is 0 Å². The fraction of sp³-hybridized carbons (Fsp3) is 0.857. The third-order valence-corrected chi connectivity index (χ3v) is 4.20. The second-order valence-corrected chi connectivity index (χ2v) is 5.77. The van der Waals surface area contributed by atoms with Gasteiger partial charge in [0, 0.05) is 39.6 Å². The average molecular weight is 266 g/mol. The lowest BCUT2D eigenvalue weighted by atomic mass is 9.97. The summed E-state index contributed by atoms with van der Waals surface area (Å²) in [5, 5.41) is 0. The largest absolute Gasteiger partial charge is 0.370 e. The Kier molecular flexibility index (Phi) is 5.05. The van der Waals surface area contributed by atoms with Gasteiger partial charge in [-0.1, -0.05) is 12.8 Å². The Morgan fingerprint density at radius 2 is 1.95 bits per heavy atom. The second-order valence-electron chi connectivity index (χ2n) is 5.77. The van der Waals surface area contributed by atoms with E-state index in [2.05, 4.69) is 9.89 Å². The normalized spacial score (nSPS) is 26.5. The molecule has 1 atom stereocenters. The minimum Gasteiger partial charge on any atom is -0.370 e. The first kappa shape index (κ1) is 14.2. The summed E-state index contributed by atoms with van der Waals surface area (Å²) in [6.07, 6.45) is 6.68. The molecule has 2 aliphatic rings. The van der Waals surface area contributed by atoms with Crippen LogP contribution >= 0.6 is 0 Å². The number of rotatable bonds is 2. The third-order valence-electron chi connectivity index (χ3n) is 4.20. The first-order valence-corrected chi connectivity index (χ1v) is 7.45. The second kappa shape index (κ2) is 6.78. The maximum atomic E-state index is 11.6. The first-order chi connectivity index (χ1) is 9.16. The quantitative estimate of drug-likeness (QED) is 0.600. The number of hydrogen-bond acceptors (Lipinski definition) is 2. The van der Waals surface area contributed by atoms with Crippen molar-refractivity contribution in [2.45, 2.75) is 38.5 Å². The van der Waals surface area contributed by atoms with Crippen molar-refractivity contribution in [3.8, 4) is 0 Å². The van der Waals surface area contributed by atoms with Crippen LogP contribution in [0.2, 0.25) is 0 Å². The maximum absolute atomic E-state index is 11.6. The molecule has 0 saturated carbocycles. The molecule has 2 saturated heterocycles. The molecule has 0 radical (unpaired) electrons. The van der Waals surface area contributed by atoms with E-state index in [0.717, 1.165) is 26.1 Å². The van der Waals surface area contributed by atoms with Crippen molar-refractivity contribution in [1.29, 1.82) is 0 Å². The van der Waals surface area contributed by atoms with Gasteiger partial charge in [0.25, 0.3) is 0 Å². The zero-order valence-corrected chi connectivity index (χ0v) is 12.0. The van der Waals surface area contributed by atoms with Crippen LogP contribution in [0.5, 0.6) is 0 Å². The fourth-order valence-corrected chi connectivity index (χ4v) is 2.78. The van der Waals surface area contributed by atoms with Crippen LogP contribution in [0.1, 0.15) is 38.5 Å². The molecule has 2 aliphatic heterocycles. The smallest absolute Gasteiger partial charge is 0.222 e. The summed E-state index contributed by atoms with van der Waals surface area (Å²) in [6, 6.07) is 0. The van der Waals surface area contributed by atoms with Crippen molar-refractivity contribution in [3.05, 3.63) is 0 Å². The number of piperidine rings is 1. The summed E-state index contributed by atoms with van der Waals surface area (Å²) < 4.78 is 0. The van der Waals surface area contributed by atoms with Gasteiger partial charge in [0.15, 0.2) is 5.96 Å². The molecule has 0 aromatic carbocycles. The zero-order chi connectivity index (χ0) is 13.7. The van der Waals surface area contributed by atoms with E-state index in [-0.39, 0.29) is 5.91 Å². The summed E-state index contributed by atoms with van der Waals surface area (Å²) in [6.45, 7) is 3.61. The SMILES string of the molecule is CN1CCC(CN=C(N)N2CCCCCC2)CC1=O. The van der Waals surface area contributed by atoms with Crippen LogP contribution in [0.15, 0.2) is 4.99 Å². The van der Waals surface area contributed by atoms with Crippen LogP contribution in [0.4, 0.5) is 0 Å². The van der Waals surface area contributed by atoms with Gasteiger partial charge in [-0.15, -0.1) is 0 Å². The number of carbonyl (C=O) groups excluding carboxylic acids is 1. The molecule has 1 unspecified atom stereocenters. The van der Waals surface area contributed by atoms with E-state index in [1.807, 2.05) is 7.05 Å². The number of likely N-dealkylation sites (tertiary alicyclic amines) is 2. The maximum Gasteiger partial charge on any atom is 0.222 e. The highest BCUT2D eigenvalue weighted by molar-refractivity contribution is 5.78. The van der Waals surface area contributed by atoms with Crippen LogP contribution in [0.25, 0.3) is 0 Å². The van der Waals surface area contributed by atoms with Gasteiger partial charge in [-0.3, -0.25) is 9.79 Å². The van der Waals surface area contributed by atoms with E-state index in [1.165, 1.54) is 25.7 Å². The van der Waals surface area contributed by atoms with E-state index in [9.17, 15) is 4.79 Å². The van der Waals surface area contributed by atoms with Gasteiger partial charge in [0.1, 0.15) is 0 Å². The Morgan fingerprint density at radius 3 is 2.58 bits per heavy atom. The first-order valence-electron chi connectivity index (χ1n) is 7.45. The van der Waals surface area contributed by atoms with Crippen molar-refractivity contribution in [2.75, 3.05) is 33.2 Å². The molecule has 1 amide bonds. The predicted octanol–water partition coefficient (Wildman–Crippen LogP) is 1.05. The van der Waals surface area contributed by atoms with Gasteiger partial charge in [0.2, 0.25) is 5.91 Å². The van der Waals surface area contributed by atoms with Crippen molar-refractivity contribution in [1.82, 2.24) is 9.80 Å². The Labute approximate surface area is 115 Å². The lowest BCUT2D eigenvalue weighted by Crippen LogP contribution is -2.39. The van der Waals surface area contributed by atoms with Gasteiger partial charge in [-0.05, 0) is 25.2 Å². The minimum atomic E-state index is 0.236. The molecule has 0 aromatic rings. The lowest BCUT2D eigenvalue weighted by Gasteiger charge is -2.28. The van der Waals surface area contributed by atoms with Crippen molar-refractivity contribution >= 4 is 11.9 Å². The number of guanidine groups is 1. The van der Waals surface area contributed by atoms with E-state index >= 15 is 0 Å². The molecule has 0 aliphatic carbocycles. The van der Waals surface area contributed by atoms with Gasteiger partial charge in [0.05, 0.1) is 0 Å². The molecular formula is C14H26N4O. The molecule has 2 N–H and O–H groups in total. The lowest BCUT2D eigenvalue weighted by molar-refractivity contribution is -0.133. The number of nitrogens with two attached hydrogens (primary N) is 1. The molecule has 108 valence electrons. The molecule has 2 heterocycles. The van der Waals surface area contributed by atoms with E-state index in [0.29, 0.717) is 24.8 Å². The summed E-state index contributed by atoms with van der Waals surface area (Å²) in [5.74, 6) is 1.28. The Morgan fingerprint density at radius 1 is 1.26 bits per heavy atom. The van der Waals surface area contributed by atoms with Crippen LogP contribution in [0, 0.1) is 5.92 Å². The molecule has 2 rings (SSSR count). The molecule has 0 aromatic heterocycles. The Hall–Kier alpha value is -1.26. The third kappa shape index (κ3) is 4.11. The highest BCUT2D eigenvalue weighted by Crippen LogP contribution is 2.17. The Bertz CT molecular complexity index is 334. The number of hydrogen-bond donors (Lipinski definition) is 1. The van der Waals surface area contributed by atoms with Crippen molar-refractivity contribution < 1.29 is 4.79 Å². The Balaban J connectivity index is 1.82. The number of aliphatic imine (C=N–C) groups is 1. The van der Waals surface area contributed by atoms with Crippen LogP contribution in [-0.4, -0.2) is 54.9 Å². The van der Waals surface area contributed by atoms with E-state index in [4.69, 9.17) is 5.73 Å². The molecule has 0 bridgehead atoms. The summed E-state index contributed by atoms with van der Waals surface area (Å²) in [5.41, 5.74) is 6.08. The molecule has 0 spiro atoms. The molecule has 2 fully saturated rings. The van der Waals surface area contributed by atoms with Crippen molar-refractivity contribution in [3.63, 3.8) is 0 Å². The molecular weight excluding hydrogens is 240 g/mol. The highest BCUT2D eigenvalue weighted by Gasteiger charge is 2.23. The summed E-state index contributed by atoms with van der Waals surface area (Å²) in [4.78, 5) is 20.2. The predicted molar refractivity (Wildman–Crippen MR) is 76.9 cm³/mol. The minimum absolute atomic E-state index is 0.236. The van der Waals surface area contributed by atoms with E-state index < -0.39 is 0 Å². The average Bonchev–Trinajstić information content (AvgIpc) is 2.69. The van der Waals surface area contributed by atoms with Crippen LogP contribution < -0.4 is 5.73 Å². The topological polar surface area (TPSA) is 61.9 Å². The van der Waals surface area contributed by atoms with Crippen molar-refractivity contribution in [2.24, 2.45) is 16.6 Å². The fourth-order valence-electron chi connectivity index (χ4n) is 2.78. The van der Waals surface area contributed by atoms with Gasteiger partial charge in [-0.2, -0.15) is 0 Å². The summed E-state index contributed by atoms with van der Waals surface area (Å²) >= 11 is 0. The van der Waals surface area contributed by atoms with E-state index in [1.54, 1.807) is 4.90 Å². The summed E-state index contributed by atoms with van der Waals surface area (Å²) in [7, 11) is 1.87. The van der Waals surface area contributed by atoms with Gasteiger partial charge >= 0.3 is 0 Å². The number of carbonyl (C=O) groups is 1. The molecule has 19 heavy (non-hydrogen) atoms. The number of nitrogens with zero attached hydrogens (tertiary/aromatic N) is 3. The standard InChI is InChI=1S/C14H26N4O/c1-17-9-6-12(10-13(17)19)11-16-14(15)18-7-4-2-3-5-8-18/h12H,2-11H2,1H3,(H2,15,16). The van der Waals surface area contributed by atoms with Crippen LogP contribution in [-0.2, 0) is 4.79 Å². The highest BCUT2D eigenvalue weighted by atomic mass is 16.2.